The van der Waals surface area contributed by atoms with Gasteiger partial charge in [-0.2, -0.15) is 0 Å². The van der Waals surface area contributed by atoms with Crippen molar-refractivity contribution in [2.24, 2.45) is 0 Å². The smallest absolute Gasteiger partial charge is 0.323 e. The Morgan fingerprint density at radius 2 is 1.70 bits per heavy atom. The number of rotatable bonds is 5. The van der Waals surface area contributed by atoms with Crippen LogP contribution in [0.3, 0.4) is 0 Å². The van der Waals surface area contributed by atoms with Gasteiger partial charge in [-0.3, -0.25) is 4.79 Å². The number of carbonyl (C=O) groups excluding carboxylic acids is 2. The summed E-state index contributed by atoms with van der Waals surface area (Å²) in [6.45, 7) is 0.537. The quantitative estimate of drug-likeness (QED) is 0.644. The molecule has 0 radical (unpaired) electrons. The summed E-state index contributed by atoms with van der Waals surface area (Å²) in [5.41, 5.74) is 4.35. The van der Waals surface area contributed by atoms with Crippen LogP contribution in [-0.2, 0) is 17.8 Å². The van der Waals surface area contributed by atoms with Crippen molar-refractivity contribution >= 4 is 29.0 Å². The van der Waals surface area contributed by atoms with Crippen molar-refractivity contribution in [2.45, 2.75) is 19.4 Å². The van der Waals surface area contributed by atoms with Gasteiger partial charge in [-0.25, -0.2) is 4.79 Å². The van der Waals surface area contributed by atoms with Gasteiger partial charge in [0.1, 0.15) is 5.75 Å². The molecule has 0 saturated carbocycles. The second-order valence-corrected chi connectivity index (χ2v) is 7.12. The Morgan fingerprint density at radius 3 is 2.47 bits per heavy atom. The van der Waals surface area contributed by atoms with E-state index in [2.05, 4.69) is 10.6 Å². The van der Waals surface area contributed by atoms with Gasteiger partial charge >= 0.3 is 6.03 Å². The van der Waals surface area contributed by atoms with E-state index in [1.54, 1.807) is 19.2 Å². The van der Waals surface area contributed by atoms with Crippen LogP contribution in [0.4, 0.5) is 21.9 Å². The van der Waals surface area contributed by atoms with Crippen molar-refractivity contribution in [3.63, 3.8) is 0 Å². The van der Waals surface area contributed by atoms with Gasteiger partial charge < -0.3 is 20.3 Å². The fourth-order valence-corrected chi connectivity index (χ4v) is 3.57. The first-order valence-electron chi connectivity index (χ1n) is 9.81. The zero-order chi connectivity index (χ0) is 20.9. The topological polar surface area (TPSA) is 70.7 Å². The highest BCUT2D eigenvalue weighted by atomic mass is 16.5. The van der Waals surface area contributed by atoms with Crippen LogP contribution in [0.2, 0.25) is 0 Å². The summed E-state index contributed by atoms with van der Waals surface area (Å²) in [4.78, 5) is 26.7. The monoisotopic (exact) mass is 401 g/mol. The molecule has 3 aromatic rings. The van der Waals surface area contributed by atoms with E-state index in [4.69, 9.17) is 4.74 Å². The minimum absolute atomic E-state index is 0.114. The lowest BCUT2D eigenvalue weighted by atomic mass is 9.99. The predicted octanol–water partition coefficient (Wildman–Crippen LogP) is 4.82. The van der Waals surface area contributed by atoms with Gasteiger partial charge in [-0.05, 0) is 47.9 Å². The molecule has 0 unspecified atom stereocenters. The minimum atomic E-state index is -0.337. The third-order valence-corrected chi connectivity index (χ3v) is 5.05. The molecule has 0 fully saturated rings. The van der Waals surface area contributed by atoms with Crippen LogP contribution in [0.15, 0.2) is 72.8 Å². The number of anilines is 3. The summed E-state index contributed by atoms with van der Waals surface area (Å²) in [5, 5.41) is 5.66. The van der Waals surface area contributed by atoms with Crippen LogP contribution in [0.5, 0.6) is 5.75 Å². The van der Waals surface area contributed by atoms with Crippen molar-refractivity contribution in [3.8, 4) is 5.75 Å². The van der Waals surface area contributed by atoms with E-state index >= 15 is 0 Å². The molecule has 3 aromatic carbocycles. The van der Waals surface area contributed by atoms with Crippen molar-refractivity contribution in [2.75, 3.05) is 22.6 Å². The number of urea groups is 1. The lowest BCUT2D eigenvalue weighted by Gasteiger charge is -2.30. The highest BCUT2D eigenvalue weighted by Crippen LogP contribution is 2.31. The van der Waals surface area contributed by atoms with E-state index in [0.29, 0.717) is 36.5 Å². The standard InChI is InChI=1S/C24H23N3O3/c1-30-21-9-5-8-19(15-21)25-24(29)26-20-11-12-22-18(14-20)10-13-23(28)27(22)16-17-6-3-2-4-7-17/h2-9,11-12,14-15H,10,13,16H2,1H3,(H2,25,26,29). The van der Waals surface area contributed by atoms with E-state index in [0.717, 1.165) is 16.8 Å². The third kappa shape index (κ3) is 4.43. The molecule has 1 aliphatic rings. The fraction of sp³-hybridized carbons (Fsp3) is 0.167. The largest absolute Gasteiger partial charge is 0.497 e. The van der Waals surface area contributed by atoms with E-state index in [-0.39, 0.29) is 11.9 Å². The number of aryl methyl sites for hydroxylation is 1. The molecule has 6 nitrogen and oxygen atoms in total. The molecular formula is C24H23N3O3. The summed E-state index contributed by atoms with van der Waals surface area (Å²) in [5.74, 6) is 0.785. The van der Waals surface area contributed by atoms with E-state index < -0.39 is 0 Å². The van der Waals surface area contributed by atoms with Crippen LogP contribution in [0.25, 0.3) is 0 Å². The second-order valence-electron chi connectivity index (χ2n) is 7.12. The molecule has 3 amide bonds. The Kier molecular flexibility index (Phi) is 5.66. The van der Waals surface area contributed by atoms with Gasteiger partial charge in [-0.15, -0.1) is 0 Å². The number of hydrogen-bond acceptors (Lipinski definition) is 3. The van der Waals surface area contributed by atoms with Crippen molar-refractivity contribution in [1.82, 2.24) is 0 Å². The number of carbonyl (C=O) groups is 2. The Labute approximate surface area is 175 Å². The van der Waals surface area contributed by atoms with Crippen LogP contribution in [0, 0.1) is 0 Å². The number of amides is 3. The average Bonchev–Trinajstić information content (AvgIpc) is 2.76. The normalized spacial score (nSPS) is 12.8. The number of benzene rings is 3. The van der Waals surface area contributed by atoms with Gasteiger partial charge in [0, 0.05) is 29.5 Å². The molecule has 6 heteroatoms. The minimum Gasteiger partial charge on any atom is -0.497 e. The molecule has 0 aromatic heterocycles. The molecule has 30 heavy (non-hydrogen) atoms. The van der Waals surface area contributed by atoms with Crippen LogP contribution < -0.4 is 20.3 Å². The van der Waals surface area contributed by atoms with Crippen LogP contribution in [0.1, 0.15) is 17.5 Å². The van der Waals surface area contributed by atoms with E-state index in [1.165, 1.54) is 0 Å². The van der Waals surface area contributed by atoms with Crippen LogP contribution in [-0.4, -0.2) is 19.0 Å². The first kappa shape index (κ1) is 19.5. The van der Waals surface area contributed by atoms with Crippen molar-refractivity contribution in [3.05, 3.63) is 83.9 Å². The molecule has 2 N–H and O–H groups in total. The average molecular weight is 401 g/mol. The maximum absolute atomic E-state index is 12.5. The molecule has 0 aliphatic carbocycles. The number of methoxy groups -OCH3 is 1. The number of fused-ring (bicyclic) bond motifs is 1. The van der Waals surface area contributed by atoms with Gasteiger partial charge in [0.2, 0.25) is 5.91 Å². The molecule has 0 atom stereocenters. The molecule has 4 rings (SSSR count). The van der Waals surface area contributed by atoms with Crippen molar-refractivity contribution in [1.29, 1.82) is 0 Å². The Morgan fingerprint density at radius 1 is 0.933 bits per heavy atom. The summed E-state index contributed by atoms with van der Waals surface area (Å²) < 4.78 is 5.17. The molecule has 0 bridgehead atoms. The first-order valence-corrected chi connectivity index (χ1v) is 9.81. The van der Waals surface area contributed by atoms with Gasteiger partial charge in [0.15, 0.2) is 0 Å². The molecule has 1 heterocycles. The van der Waals surface area contributed by atoms with Crippen molar-refractivity contribution < 1.29 is 14.3 Å². The Hall–Kier alpha value is -3.80. The zero-order valence-corrected chi connectivity index (χ0v) is 16.7. The SMILES string of the molecule is COc1cccc(NC(=O)Nc2ccc3c(c2)CCC(=O)N3Cc2ccccc2)c1. The fourth-order valence-electron chi connectivity index (χ4n) is 3.57. The summed E-state index contributed by atoms with van der Waals surface area (Å²) >= 11 is 0. The zero-order valence-electron chi connectivity index (χ0n) is 16.7. The lowest BCUT2D eigenvalue weighted by molar-refractivity contribution is -0.119. The summed E-state index contributed by atoms with van der Waals surface area (Å²) in [6.07, 6.45) is 1.12. The van der Waals surface area contributed by atoms with Crippen LogP contribution >= 0.6 is 0 Å². The summed E-state index contributed by atoms with van der Waals surface area (Å²) in [6, 6.07) is 22.4. The van der Waals surface area contributed by atoms with Gasteiger partial charge in [0.05, 0.1) is 13.7 Å². The highest BCUT2D eigenvalue weighted by molar-refractivity contribution is 6.01. The summed E-state index contributed by atoms with van der Waals surface area (Å²) in [7, 11) is 1.58. The highest BCUT2D eigenvalue weighted by Gasteiger charge is 2.24. The number of nitrogens with zero attached hydrogens (tertiary/aromatic N) is 1. The molecular weight excluding hydrogens is 378 g/mol. The molecule has 0 saturated heterocycles. The van der Waals surface area contributed by atoms with Gasteiger partial charge in [-0.1, -0.05) is 36.4 Å². The maximum Gasteiger partial charge on any atom is 0.323 e. The van der Waals surface area contributed by atoms with E-state index in [9.17, 15) is 9.59 Å². The Bertz CT molecular complexity index is 1070. The number of nitrogens with one attached hydrogen (secondary N) is 2. The lowest BCUT2D eigenvalue weighted by Crippen LogP contribution is -2.34. The first-order chi connectivity index (χ1) is 14.6. The van der Waals surface area contributed by atoms with Gasteiger partial charge in [0.25, 0.3) is 0 Å². The number of ether oxygens (including phenoxy) is 1. The Balaban J connectivity index is 1.48. The predicted molar refractivity (Wildman–Crippen MR) is 118 cm³/mol. The maximum atomic E-state index is 12.5. The third-order valence-electron chi connectivity index (χ3n) is 5.05. The molecule has 1 aliphatic heterocycles. The van der Waals surface area contributed by atoms with E-state index in [1.807, 2.05) is 65.6 Å². The molecule has 152 valence electrons. The number of hydrogen-bond donors (Lipinski definition) is 2. The molecule has 0 spiro atoms. The second kappa shape index (κ2) is 8.69.